The Morgan fingerprint density at radius 1 is 1.16 bits per heavy atom. The van der Waals surface area contributed by atoms with Gasteiger partial charge in [0.25, 0.3) is 15.9 Å². The molecule has 0 radical (unpaired) electrons. The number of nitrogens with zero attached hydrogens (tertiary/aromatic N) is 4. The van der Waals surface area contributed by atoms with Crippen LogP contribution in [0.15, 0.2) is 38.7 Å². The Labute approximate surface area is 180 Å². The van der Waals surface area contributed by atoms with E-state index in [0.717, 1.165) is 10.5 Å². The second kappa shape index (κ2) is 9.02. The number of carbonyl (C=O) groups is 1. The molecule has 0 unspecified atom stereocenters. The van der Waals surface area contributed by atoms with Gasteiger partial charge in [0.05, 0.1) is 22.7 Å². The van der Waals surface area contributed by atoms with Gasteiger partial charge in [-0.15, -0.1) is 0 Å². The van der Waals surface area contributed by atoms with Gasteiger partial charge in [-0.1, -0.05) is 17.7 Å². The predicted octanol–water partition coefficient (Wildman–Crippen LogP) is 2.40. The molecule has 0 fully saturated rings. The average molecular weight is 439 g/mol. The summed E-state index contributed by atoms with van der Waals surface area (Å²) in [5.74, 6) is 0.00956. The van der Waals surface area contributed by atoms with Gasteiger partial charge in [0.15, 0.2) is 5.76 Å². The minimum Gasteiger partial charge on any atom is -0.455 e. The van der Waals surface area contributed by atoms with Crippen LogP contribution in [-0.2, 0) is 16.4 Å². The van der Waals surface area contributed by atoms with E-state index < -0.39 is 15.9 Å². The van der Waals surface area contributed by atoms with E-state index in [4.69, 9.17) is 14.9 Å². The van der Waals surface area contributed by atoms with Crippen molar-refractivity contribution in [3.05, 3.63) is 52.5 Å². The minimum absolute atomic E-state index is 0.0338. The van der Waals surface area contributed by atoms with E-state index in [1.807, 2.05) is 19.1 Å². The third-order valence-electron chi connectivity index (χ3n) is 4.96. The highest BCUT2D eigenvalue weighted by Crippen LogP contribution is 2.30. The van der Waals surface area contributed by atoms with Crippen LogP contribution in [-0.4, -0.2) is 38.0 Å². The molecule has 1 aliphatic rings. The van der Waals surface area contributed by atoms with Gasteiger partial charge in [-0.05, 0) is 38.8 Å². The Bertz CT molecular complexity index is 1200. The highest BCUT2D eigenvalue weighted by Gasteiger charge is 2.30. The molecule has 1 aromatic heterocycles. The zero-order valence-electron chi connectivity index (χ0n) is 17.2. The summed E-state index contributed by atoms with van der Waals surface area (Å²) >= 11 is 0. The first kappa shape index (κ1) is 22.1. The summed E-state index contributed by atoms with van der Waals surface area (Å²) in [5.41, 5.74) is 2.52. The quantitative estimate of drug-likeness (QED) is 0.541. The maximum absolute atomic E-state index is 12.8. The van der Waals surface area contributed by atoms with Crippen molar-refractivity contribution in [2.75, 3.05) is 13.1 Å². The van der Waals surface area contributed by atoms with E-state index >= 15 is 0 Å². The normalized spacial score (nSPS) is 14.4. The van der Waals surface area contributed by atoms with Crippen LogP contribution in [0.4, 0.5) is 0 Å². The third-order valence-corrected chi connectivity index (χ3v) is 6.19. The highest BCUT2D eigenvalue weighted by molar-refractivity contribution is 7.89. The molecule has 10 heteroatoms. The second-order valence-electron chi connectivity index (χ2n) is 7.15. The standard InChI is InChI=1S/C21H21N5O4S/c1-14-6-8-16(9-7-14)31(28,29)25-24-17-4-3-5-18-19(17)15(2)20(30-18)21(27)26(12-10-22)13-11-23/h6-9,25H,3-5,12-13H2,1-2H3/b24-17+. The summed E-state index contributed by atoms with van der Waals surface area (Å²) in [7, 11) is -3.84. The number of amides is 1. The Morgan fingerprint density at radius 3 is 2.42 bits per heavy atom. The van der Waals surface area contributed by atoms with Gasteiger partial charge in [-0.25, -0.2) is 0 Å². The molecule has 3 rings (SSSR count). The van der Waals surface area contributed by atoms with Crippen LogP contribution in [0.25, 0.3) is 0 Å². The van der Waals surface area contributed by atoms with Gasteiger partial charge in [-0.3, -0.25) is 4.79 Å². The molecule has 1 amide bonds. The Kier molecular flexibility index (Phi) is 6.42. The summed E-state index contributed by atoms with van der Waals surface area (Å²) in [6, 6.07) is 10.1. The maximum atomic E-state index is 12.8. The van der Waals surface area contributed by atoms with E-state index in [-0.39, 0.29) is 23.7 Å². The molecule has 0 spiro atoms. The number of hydrogen-bond donors (Lipinski definition) is 1. The molecule has 1 N–H and O–H groups in total. The van der Waals surface area contributed by atoms with Crippen molar-refractivity contribution in [1.82, 2.24) is 9.73 Å². The molecule has 160 valence electrons. The second-order valence-corrected chi connectivity index (χ2v) is 8.81. The minimum atomic E-state index is -3.84. The number of benzene rings is 1. The van der Waals surface area contributed by atoms with Crippen molar-refractivity contribution >= 4 is 21.6 Å². The summed E-state index contributed by atoms with van der Waals surface area (Å²) in [5, 5.41) is 22.0. The summed E-state index contributed by atoms with van der Waals surface area (Å²) in [6.45, 7) is 3.06. The van der Waals surface area contributed by atoms with E-state index in [1.165, 1.54) is 12.1 Å². The van der Waals surface area contributed by atoms with E-state index in [9.17, 15) is 13.2 Å². The predicted molar refractivity (Wildman–Crippen MR) is 112 cm³/mol. The molecule has 0 bridgehead atoms. The van der Waals surface area contributed by atoms with Crippen LogP contribution < -0.4 is 4.83 Å². The van der Waals surface area contributed by atoms with Gasteiger partial charge < -0.3 is 9.32 Å². The van der Waals surface area contributed by atoms with Crippen molar-refractivity contribution in [2.45, 2.75) is 38.0 Å². The lowest BCUT2D eigenvalue weighted by Gasteiger charge is -2.14. The molecule has 0 atom stereocenters. The molecule has 31 heavy (non-hydrogen) atoms. The number of fused-ring (bicyclic) bond motifs is 1. The summed E-state index contributed by atoms with van der Waals surface area (Å²) < 4.78 is 30.9. The van der Waals surface area contributed by atoms with Gasteiger partial charge in [0, 0.05) is 17.5 Å². The number of carbonyl (C=O) groups excluding carboxylic acids is 1. The van der Waals surface area contributed by atoms with Crippen LogP contribution in [0.5, 0.6) is 0 Å². The number of rotatable bonds is 6. The number of nitriles is 2. The van der Waals surface area contributed by atoms with Crippen LogP contribution >= 0.6 is 0 Å². The van der Waals surface area contributed by atoms with E-state index in [0.29, 0.717) is 41.9 Å². The SMILES string of the molecule is Cc1ccc(S(=O)(=O)N/N=C2\CCCc3oc(C(=O)N(CC#N)CC#N)c(C)c32)cc1. The summed E-state index contributed by atoms with van der Waals surface area (Å²) in [4.78, 5) is 16.2. The molecule has 0 saturated carbocycles. The number of furan rings is 1. The van der Waals surface area contributed by atoms with Crippen LogP contribution in [0.2, 0.25) is 0 Å². The van der Waals surface area contributed by atoms with Crippen molar-refractivity contribution < 1.29 is 17.6 Å². The monoisotopic (exact) mass is 439 g/mol. The lowest BCUT2D eigenvalue weighted by Crippen LogP contribution is -2.32. The lowest BCUT2D eigenvalue weighted by molar-refractivity contribution is 0.0760. The fourth-order valence-corrected chi connectivity index (χ4v) is 4.21. The van der Waals surface area contributed by atoms with Gasteiger partial charge in [0.1, 0.15) is 18.8 Å². The van der Waals surface area contributed by atoms with Crippen molar-refractivity contribution in [1.29, 1.82) is 10.5 Å². The smallest absolute Gasteiger partial charge is 0.291 e. The molecule has 0 aliphatic heterocycles. The fraction of sp³-hybridized carbons (Fsp3) is 0.333. The number of aryl methyl sites for hydroxylation is 2. The maximum Gasteiger partial charge on any atom is 0.291 e. The van der Waals surface area contributed by atoms with Crippen LogP contribution in [0.3, 0.4) is 0 Å². The largest absolute Gasteiger partial charge is 0.455 e. The Hall–Kier alpha value is -3.63. The van der Waals surface area contributed by atoms with Gasteiger partial charge in [-0.2, -0.15) is 28.9 Å². The third kappa shape index (κ3) is 4.60. The fourth-order valence-electron chi connectivity index (χ4n) is 3.38. The first-order valence-electron chi connectivity index (χ1n) is 9.59. The molecule has 1 aliphatic carbocycles. The Morgan fingerprint density at radius 2 is 1.81 bits per heavy atom. The molecule has 1 aromatic carbocycles. The van der Waals surface area contributed by atoms with Crippen molar-refractivity contribution in [3.8, 4) is 12.1 Å². The lowest BCUT2D eigenvalue weighted by atomic mass is 9.93. The molecular weight excluding hydrogens is 418 g/mol. The van der Waals surface area contributed by atoms with Crippen LogP contribution in [0, 0.1) is 36.5 Å². The molecule has 0 saturated heterocycles. The Balaban J connectivity index is 1.92. The van der Waals surface area contributed by atoms with Crippen LogP contribution in [0.1, 0.15) is 45.8 Å². The average Bonchev–Trinajstić information content (AvgIpc) is 3.09. The molecule has 9 nitrogen and oxygen atoms in total. The number of hydrogen-bond acceptors (Lipinski definition) is 7. The summed E-state index contributed by atoms with van der Waals surface area (Å²) in [6.07, 6.45) is 1.76. The zero-order chi connectivity index (χ0) is 22.6. The van der Waals surface area contributed by atoms with Crippen molar-refractivity contribution in [3.63, 3.8) is 0 Å². The molecule has 1 heterocycles. The topological polar surface area (TPSA) is 140 Å². The van der Waals surface area contributed by atoms with E-state index in [1.54, 1.807) is 19.1 Å². The van der Waals surface area contributed by atoms with E-state index in [2.05, 4.69) is 9.93 Å². The molecular formula is C21H21N5O4S. The zero-order valence-corrected chi connectivity index (χ0v) is 18.0. The molecule has 2 aromatic rings. The van der Waals surface area contributed by atoms with Gasteiger partial charge in [0.2, 0.25) is 0 Å². The number of sulfonamides is 1. The number of hydrazone groups is 1. The number of nitrogens with one attached hydrogen (secondary N) is 1. The highest BCUT2D eigenvalue weighted by atomic mass is 32.2. The van der Waals surface area contributed by atoms with Crippen molar-refractivity contribution in [2.24, 2.45) is 5.10 Å². The first-order valence-corrected chi connectivity index (χ1v) is 11.1. The van der Waals surface area contributed by atoms with Gasteiger partial charge >= 0.3 is 0 Å². The first-order chi connectivity index (χ1) is 14.8.